The second kappa shape index (κ2) is 3.02. The standard InChI is InChI=1S/C5H8O5S/c1-3(5(6)7)4(2)11(8,9)10/h4H,1H2,2H3,(H,6,7)(H,8,9,10). The van der Waals surface area contributed by atoms with Crippen LogP contribution in [0, 0.1) is 0 Å². The Morgan fingerprint density at radius 1 is 1.55 bits per heavy atom. The molecule has 2 N–H and O–H groups in total. The lowest BCUT2D eigenvalue weighted by Gasteiger charge is -2.05. The van der Waals surface area contributed by atoms with Gasteiger partial charge in [-0.1, -0.05) is 6.58 Å². The van der Waals surface area contributed by atoms with E-state index < -0.39 is 26.9 Å². The van der Waals surface area contributed by atoms with Crippen molar-refractivity contribution < 1.29 is 22.9 Å². The average Bonchev–Trinajstić information content (AvgIpc) is 1.82. The van der Waals surface area contributed by atoms with Crippen LogP contribution < -0.4 is 0 Å². The fourth-order valence-corrected chi connectivity index (χ4v) is 0.814. The molecule has 0 heterocycles. The molecule has 0 radical (unpaired) electrons. The molecule has 0 saturated carbocycles. The summed E-state index contributed by atoms with van der Waals surface area (Å²) in [6, 6.07) is 0. The SMILES string of the molecule is C=C(C(=O)O)C(C)S(=O)(=O)O. The smallest absolute Gasteiger partial charge is 0.332 e. The van der Waals surface area contributed by atoms with E-state index in [4.69, 9.17) is 9.66 Å². The lowest BCUT2D eigenvalue weighted by atomic mass is 10.2. The van der Waals surface area contributed by atoms with E-state index >= 15 is 0 Å². The second-order valence-electron chi connectivity index (χ2n) is 1.99. The van der Waals surface area contributed by atoms with E-state index in [2.05, 4.69) is 6.58 Å². The Labute approximate surface area is 64.1 Å². The highest BCUT2D eigenvalue weighted by atomic mass is 32.2. The Morgan fingerprint density at radius 3 is 2.00 bits per heavy atom. The van der Waals surface area contributed by atoms with Gasteiger partial charge in [0.2, 0.25) is 0 Å². The van der Waals surface area contributed by atoms with Crippen LogP contribution in [0.5, 0.6) is 0 Å². The number of rotatable bonds is 3. The molecule has 0 saturated heterocycles. The van der Waals surface area contributed by atoms with Crippen molar-refractivity contribution in [3.05, 3.63) is 12.2 Å². The summed E-state index contributed by atoms with van der Waals surface area (Å²) in [6.07, 6.45) is 0. The molecule has 0 aliphatic rings. The van der Waals surface area contributed by atoms with Crippen molar-refractivity contribution in [3.8, 4) is 0 Å². The molecule has 1 atom stereocenters. The van der Waals surface area contributed by atoms with E-state index in [1.807, 2.05) is 0 Å². The van der Waals surface area contributed by atoms with Crippen molar-refractivity contribution in [1.82, 2.24) is 0 Å². The minimum absolute atomic E-state index is 0.549. The fourth-order valence-electron chi connectivity index (χ4n) is 0.354. The number of aliphatic carboxylic acids is 1. The molecule has 6 heteroatoms. The van der Waals surface area contributed by atoms with E-state index in [-0.39, 0.29) is 0 Å². The van der Waals surface area contributed by atoms with Crippen molar-refractivity contribution in [2.75, 3.05) is 0 Å². The van der Waals surface area contributed by atoms with Crippen molar-refractivity contribution >= 4 is 16.1 Å². The number of hydrogen-bond donors (Lipinski definition) is 2. The molecule has 0 aromatic carbocycles. The zero-order valence-electron chi connectivity index (χ0n) is 5.81. The predicted octanol–water partition coefficient (Wildman–Crippen LogP) is -0.0965. The summed E-state index contributed by atoms with van der Waals surface area (Å²) in [5, 5.41) is 6.78. The van der Waals surface area contributed by atoms with Gasteiger partial charge in [0.25, 0.3) is 10.1 Å². The van der Waals surface area contributed by atoms with Gasteiger partial charge in [-0.2, -0.15) is 8.42 Å². The second-order valence-corrected chi connectivity index (χ2v) is 3.72. The molecule has 0 aromatic heterocycles. The van der Waals surface area contributed by atoms with Gasteiger partial charge in [0.05, 0.1) is 5.57 Å². The molecule has 1 unspecified atom stereocenters. The van der Waals surface area contributed by atoms with Crippen molar-refractivity contribution in [2.45, 2.75) is 12.2 Å². The minimum Gasteiger partial charge on any atom is -0.478 e. The first kappa shape index (κ1) is 10.1. The lowest BCUT2D eigenvalue weighted by Crippen LogP contribution is -2.22. The van der Waals surface area contributed by atoms with Crippen LogP contribution in [0.4, 0.5) is 0 Å². The summed E-state index contributed by atoms with van der Waals surface area (Å²) in [6.45, 7) is 4.03. The topological polar surface area (TPSA) is 91.7 Å². The van der Waals surface area contributed by atoms with Gasteiger partial charge in [-0.05, 0) is 6.92 Å². The zero-order chi connectivity index (χ0) is 9.23. The quantitative estimate of drug-likeness (QED) is 0.467. The summed E-state index contributed by atoms with van der Waals surface area (Å²) in [7, 11) is -4.33. The number of carboxylic acid groups (broad SMARTS) is 1. The zero-order valence-corrected chi connectivity index (χ0v) is 6.63. The molecular formula is C5H8O5S. The van der Waals surface area contributed by atoms with Gasteiger partial charge < -0.3 is 5.11 Å². The highest BCUT2D eigenvalue weighted by Gasteiger charge is 2.24. The molecular weight excluding hydrogens is 172 g/mol. The summed E-state index contributed by atoms with van der Waals surface area (Å²) in [5.41, 5.74) is -0.549. The first-order valence-electron chi connectivity index (χ1n) is 2.65. The van der Waals surface area contributed by atoms with E-state index in [0.717, 1.165) is 6.92 Å². The Hall–Kier alpha value is -0.880. The van der Waals surface area contributed by atoms with Crippen molar-refractivity contribution in [1.29, 1.82) is 0 Å². The van der Waals surface area contributed by atoms with E-state index in [9.17, 15) is 13.2 Å². The van der Waals surface area contributed by atoms with Crippen LogP contribution in [0.15, 0.2) is 12.2 Å². The van der Waals surface area contributed by atoms with Crippen molar-refractivity contribution in [3.63, 3.8) is 0 Å². The maximum atomic E-state index is 10.3. The van der Waals surface area contributed by atoms with Crippen LogP contribution >= 0.6 is 0 Å². The number of hydrogen-bond acceptors (Lipinski definition) is 3. The van der Waals surface area contributed by atoms with Gasteiger partial charge >= 0.3 is 5.97 Å². The van der Waals surface area contributed by atoms with Crippen LogP contribution in [0.3, 0.4) is 0 Å². The predicted molar refractivity (Wildman–Crippen MR) is 37.8 cm³/mol. The van der Waals surface area contributed by atoms with Gasteiger partial charge in [0.15, 0.2) is 0 Å². The Bertz CT molecular complexity index is 275. The van der Waals surface area contributed by atoms with E-state index in [0.29, 0.717) is 0 Å². The summed E-state index contributed by atoms with van der Waals surface area (Å²) >= 11 is 0. The molecule has 5 nitrogen and oxygen atoms in total. The Kier molecular flexibility index (Phi) is 2.77. The van der Waals surface area contributed by atoms with Gasteiger partial charge in [-0.15, -0.1) is 0 Å². The van der Waals surface area contributed by atoms with Gasteiger partial charge in [-0.25, -0.2) is 4.79 Å². The van der Waals surface area contributed by atoms with Gasteiger partial charge in [-0.3, -0.25) is 4.55 Å². The molecule has 0 fully saturated rings. The molecule has 0 aliphatic carbocycles. The average molecular weight is 180 g/mol. The number of carbonyl (C=O) groups is 1. The largest absolute Gasteiger partial charge is 0.478 e. The van der Waals surface area contributed by atoms with Crippen LogP contribution in [-0.4, -0.2) is 29.3 Å². The molecule has 0 rings (SSSR count). The fraction of sp³-hybridized carbons (Fsp3) is 0.400. The Balaban J connectivity index is 4.66. The summed E-state index contributed by atoms with van der Waals surface area (Å²) in [4.78, 5) is 10.1. The summed E-state index contributed by atoms with van der Waals surface area (Å²) < 4.78 is 29.0. The summed E-state index contributed by atoms with van der Waals surface area (Å²) in [5.74, 6) is -1.44. The third-order valence-electron chi connectivity index (χ3n) is 1.21. The molecule has 0 aromatic rings. The minimum atomic E-state index is -4.33. The van der Waals surface area contributed by atoms with Gasteiger partial charge in [0, 0.05) is 0 Å². The maximum absolute atomic E-state index is 10.3. The molecule has 0 spiro atoms. The first-order chi connectivity index (χ1) is 4.76. The van der Waals surface area contributed by atoms with Crippen LogP contribution in [0.2, 0.25) is 0 Å². The normalized spacial score (nSPS) is 14.0. The van der Waals surface area contributed by atoms with Gasteiger partial charge in [0.1, 0.15) is 5.25 Å². The first-order valence-corrected chi connectivity index (χ1v) is 4.15. The van der Waals surface area contributed by atoms with Crippen LogP contribution in [-0.2, 0) is 14.9 Å². The molecule has 11 heavy (non-hydrogen) atoms. The van der Waals surface area contributed by atoms with Crippen molar-refractivity contribution in [2.24, 2.45) is 0 Å². The maximum Gasteiger partial charge on any atom is 0.332 e. The van der Waals surface area contributed by atoms with Crippen LogP contribution in [0.25, 0.3) is 0 Å². The van der Waals surface area contributed by atoms with E-state index in [1.165, 1.54) is 0 Å². The monoisotopic (exact) mass is 180 g/mol. The molecule has 0 aliphatic heterocycles. The molecule has 64 valence electrons. The molecule has 0 bridgehead atoms. The molecule has 0 amide bonds. The van der Waals surface area contributed by atoms with Crippen LogP contribution in [0.1, 0.15) is 6.92 Å². The highest BCUT2D eigenvalue weighted by molar-refractivity contribution is 7.86. The Morgan fingerprint density at radius 2 is 1.91 bits per heavy atom. The highest BCUT2D eigenvalue weighted by Crippen LogP contribution is 2.07. The lowest BCUT2D eigenvalue weighted by molar-refractivity contribution is -0.132. The third-order valence-corrected chi connectivity index (χ3v) is 2.39. The van der Waals surface area contributed by atoms with E-state index in [1.54, 1.807) is 0 Å². The number of carboxylic acids is 1. The third kappa shape index (κ3) is 2.69.